The van der Waals surface area contributed by atoms with Gasteiger partial charge in [-0.2, -0.15) is 4.37 Å². The maximum absolute atomic E-state index is 9.42. The molecule has 2 rings (SSSR count). The fourth-order valence-electron chi connectivity index (χ4n) is 1.61. The number of hydrogen-bond acceptors (Lipinski definition) is 7. The van der Waals surface area contributed by atoms with Crippen LogP contribution >= 0.6 is 11.5 Å². The van der Waals surface area contributed by atoms with Gasteiger partial charge in [0.15, 0.2) is 16.6 Å². The molecule has 2 heterocycles. The van der Waals surface area contributed by atoms with Crippen LogP contribution in [0.4, 0.5) is 10.8 Å². The first-order valence-corrected chi connectivity index (χ1v) is 5.31. The van der Waals surface area contributed by atoms with Crippen molar-refractivity contribution in [2.45, 2.75) is 12.2 Å². The zero-order valence-corrected chi connectivity index (χ0v) is 9.07. The first-order valence-electron chi connectivity index (χ1n) is 4.53. The highest BCUT2D eigenvalue weighted by Crippen LogP contribution is 2.39. The molecule has 6 nitrogen and oxygen atoms in total. The second kappa shape index (κ2) is 3.84. The molecule has 1 aromatic heterocycles. The van der Waals surface area contributed by atoms with E-state index in [0.717, 1.165) is 5.00 Å². The van der Waals surface area contributed by atoms with Crippen molar-refractivity contribution in [1.82, 2.24) is 4.37 Å². The lowest BCUT2D eigenvalue weighted by Gasteiger charge is -2.15. The van der Waals surface area contributed by atoms with Crippen molar-refractivity contribution in [3.05, 3.63) is 0 Å². The molecule has 0 aliphatic carbocycles. The van der Waals surface area contributed by atoms with Gasteiger partial charge in [0.05, 0.1) is 19.3 Å². The molecule has 0 radical (unpaired) electrons. The Bertz CT molecular complexity index is 347. The normalized spacial score (nSPS) is 25.9. The smallest absolute Gasteiger partial charge is 0.197 e. The molecule has 0 spiro atoms. The van der Waals surface area contributed by atoms with Crippen LogP contribution < -0.4 is 15.4 Å². The zero-order chi connectivity index (χ0) is 11.0. The van der Waals surface area contributed by atoms with Crippen LogP contribution in [-0.4, -0.2) is 47.0 Å². The molecular formula is C8H13N3O3S. The number of aliphatic hydroxyl groups excluding tert-OH is 2. The molecule has 2 unspecified atom stereocenters. The van der Waals surface area contributed by atoms with E-state index in [2.05, 4.69) is 4.37 Å². The molecule has 2 atom stereocenters. The molecule has 4 N–H and O–H groups in total. The van der Waals surface area contributed by atoms with Crippen LogP contribution in [0.1, 0.15) is 0 Å². The second-order valence-electron chi connectivity index (χ2n) is 3.45. The number of nitrogens with two attached hydrogens (primary N) is 1. The van der Waals surface area contributed by atoms with E-state index in [-0.39, 0.29) is 0 Å². The molecule has 0 saturated carbocycles. The standard InChI is InChI=1S/C8H13N3O3S/c1-14-6-7(9)10-15-8(6)11-2-4(12)5(13)3-11/h4-5,12-13H,2-3H2,1H3,(H2,9,10). The van der Waals surface area contributed by atoms with Gasteiger partial charge in [0.25, 0.3) is 0 Å². The van der Waals surface area contributed by atoms with Gasteiger partial charge in [0, 0.05) is 13.1 Å². The minimum Gasteiger partial charge on any atom is -0.490 e. The molecule has 0 amide bonds. The van der Waals surface area contributed by atoms with Crippen LogP contribution in [0.15, 0.2) is 0 Å². The van der Waals surface area contributed by atoms with Gasteiger partial charge < -0.3 is 25.6 Å². The molecule has 15 heavy (non-hydrogen) atoms. The maximum atomic E-state index is 9.42. The van der Waals surface area contributed by atoms with Crippen LogP contribution in [0.2, 0.25) is 0 Å². The minimum atomic E-state index is -0.724. The van der Waals surface area contributed by atoms with E-state index >= 15 is 0 Å². The summed E-state index contributed by atoms with van der Waals surface area (Å²) in [6.07, 6.45) is -1.45. The number of anilines is 2. The minimum absolute atomic E-state index is 0.341. The van der Waals surface area contributed by atoms with E-state index in [4.69, 9.17) is 10.5 Å². The lowest BCUT2D eigenvalue weighted by atomic mass is 10.3. The fourth-order valence-corrected chi connectivity index (χ4v) is 2.42. The van der Waals surface area contributed by atoms with Gasteiger partial charge >= 0.3 is 0 Å². The summed E-state index contributed by atoms with van der Waals surface area (Å²) in [5.41, 5.74) is 5.61. The summed E-state index contributed by atoms with van der Waals surface area (Å²) in [5, 5.41) is 19.6. The fraction of sp³-hybridized carbons (Fsp3) is 0.625. The third kappa shape index (κ3) is 1.73. The van der Waals surface area contributed by atoms with Crippen molar-refractivity contribution in [2.75, 3.05) is 30.8 Å². The van der Waals surface area contributed by atoms with E-state index in [1.54, 1.807) is 0 Å². The maximum Gasteiger partial charge on any atom is 0.197 e. The first-order chi connectivity index (χ1) is 7.13. The van der Waals surface area contributed by atoms with E-state index < -0.39 is 12.2 Å². The van der Waals surface area contributed by atoms with Crippen LogP contribution in [0.3, 0.4) is 0 Å². The number of nitrogen functional groups attached to an aromatic ring is 1. The Morgan fingerprint density at radius 2 is 2.07 bits per heavy atom. The lowest BCUT2D eigenvalue weighted by Crippen LogP contribution is -2.22. The van der Waals surface area contributed by atoms with Crippen molar-refractivity contribution >= 4 is 22.4 Å². The summed E-state index contributed by atoms with van der Waals surface area (Å²) in [6.45, 7) is 0.748. The van der Waals surface area contributed by atoms with Gasteiger partial charge in [-0.3, -0.25) is 0 Å². The predicted octanol–water partition coefficient (Wildman–Crippen LogP) is -0.724. The van der Waals surface area contributed by atoms with Crippen molar-refractivity contribution in [2.24, 2.45) is 0 Å². The lowest BCUT2D eigenvalue weighted by molar-refractivity contribution is 0.0572. The zero-order valence-electron chi connectivity index (χ0n) is 8.25. The number of ether oxygens (including phenoxy) is 1. The molecular weight excluding hydrogens is 218 g/mol. The number of rotatable bonds is 2. The summed E-state index contributed by atoms with van der Waals surface area (Å²) in [5.74, 6) is 0.856. The number of hydrogen-bond donors (Lipinski definition) is 3. The molecule has 84 valence electrons. The van der Waals surface area contributed by atoms with Crippen LogP contribution in [0, 0.1) is 0 Å². The Labute approximate surface area is 91.1 Å². The SMILES string of the molecule is COc1c(N)nsc1N1CC(O)C(O)C1. The van der Waals surface area contributed by atoms with Crippen LogP contribution in [0.5, 0.6) is 5.75 Å². The Kier molecular flexibility index (Phi) is 2.68. The van der Waals surface area contributed by atoms with Gasteiger partial charge in [-0.15, -0.1) is 0 Å². The van der Waals surface area contributed by atoms with E-state index in [0.29, 0.717) is 24.7 Å². The molecule has 1 saturated heterocycles. The number of nitrogens with zero attached hydrogens (tertiary/aromatic N) is 2. The molecule has 1 aliphatic rings. The third-order valence-electron chi connectivity index (χ3n) is 2.41. The molecule has 7 heteroatoms. The van der Waals surface area contributed by atoms with Gasteiger partial charge in [-0.05, 0) is 11.5 Å². The molecule has 0 aromatic carbocycles. The summed E-state index contributed by atoms with van der Waals surface area (Å²) >= 11 is 1.21. The van der Waals surface area contributed by atoms with Crippen molar-refractivity contribution < 1.29 is 14.9 Å². The van der Waals surface area contributed by atoms with Gasteiger partial charge in [0.2, 0.25) is 0 Å². The highest BCUT2D eigenvalue weighted by molar-refractivity contribution is 7.11. The number of aliphatic hydroxyl groups is 2. The monoisotopic (exact) mass is 231 g/mol. The topological polar surface area (TPSA) is 91.8 Å². The van der Waals surface area contributed by atoms with Crippen LogP contribution in [-0.2, 0) is 0 Å². The molecule has 0 bridgehead atoms. The number of methoxy groups -OCH3 is 1. The van der Waals surface area contributed by atoms with Gasteiger partial charge in [-0.25, -0.2) is 0 Å². The van der Waals surface area contributed by atoms with E-state index in [9.17, 15) is 10.2 Å². The molecule has 1 fully saturated rings. The predicted molar refractivity (Wildman–Crippen MR) is 57.3 cm³/mol. The highest BCUT2D eigenvalue weighted by Gasteiger charge is 2.32. The average Bonchev–Trinajstić information content (AvgIpc) is 2.71. The number of aromatic nitrogens is 1. The largest absolute Gasteiger partial charge is 0.490 e. The first kappa shape index (κ1) is 10.5. The Morgan fingerprint density at radius 1 is 1.47 bits per heavy atom. The second-order valence-corrected chi connectivity index (χ2v) is 4.20. The summed E-state index contributed by atoms with van der Waals surface area (Å²) in [7, 11) is 1.52. The molecule has 1 aliphatic heterocycles. The van der Waals surface area contributed by atoms with Crippen molar-refractivity contribution in [1.29, 1.82) is 0 Å². The quantitative estimate of drug-likeness (QED) is 0.622. The van der Waals surface area contributed by atoms with Gasteiger partial charge in [0.1, 0.15) is 0 Å². The average molecular weight is 231 g/mol. The summed E-state index contributed by atoms with van der Waals surface area (Å²) in [6, 6.07) is 0. The van der Waals surface area contributed by atoms with Crippen LogP contribution in [0.25, 0.3) is 0 Å². The third-order valence-corrected chi connectivity index (χ3v) is 3.31. The Hall–Kier alpha value is -1.05. The summed E-state index contributed by atoms with van der Waals surface area (Å²) in [4.78, 5) is 1.82. The van der Waals surface area contributed by atoms with E-state index in [1.165, 1.54) is 18.6 Å². The number of β-amino-alcohol motifs (C(OH)–C–C–N with tert-alkyl or cyclic N) is 2. The highest BCUT2D eigenvalue weighted by atomic mass is 32.1. The van der Waals surface area contributed by atoms with Crippen molar-refractivity contribution in [3.8, 4) is 5.75 Å². The van der Waals surface area contributed by atoms with Gasteiger partial charge in [-0.1, -0.05) is 0 Å². The van der Waals surface area contributed by atoms with Crippen molar-refractivity contribution in [3.63, 3.8) is 0 Å². The van der Waals surface area contributed by atoms with E-state index in [1.807, 2.05) is 4.90 Å². The molecule has 1 aromatic rings. The Balaban J connectivity index is 2.23. The summed E-state index contributed by atoms with van der Waals surface area (Å²) < 4.78 is 9.09. The Morgan fingerprint density at radius 3 is 2.60 bits per heavy atom.